The third-order valence-electron chi connectivity index (χ3n) is 2.25. The van der Waals surface area contributed by atoms with Gasteiger partial charge in [0.2, 0.25) is 0 Å². The maximum absolute atomic E-state index is 12.3. The Bertz CT molecular complexity index is 407. The van der Waals surface area contributed by atoms with Gasteiger partial charge < -0.3 is 10.3 Å². The molecule has 3 nitrogen and oxygen atoms in total. The van der Waals surface area contributed by atoms with Crippen LogP contribution in [0.3, 0.4) is 0 Å². The molecule has 0 aliphatic heterocycles. The van der Waals surface area contributed by atoms with Crippen LogP contribution in [0.2, 0.25) is 0 Å². The molecule has 2 N–H and O–H groups in total. The molecule has 0 radical (unpaired) electrons. The number of carbonyl (C=O) groups excluding carboxylic acids is 1. The first kappa shape index (κ1) is 12.6. The normalized spacial score (nSPS) is 11.8. The van der Waals surface area contributed by atoms with E-state index in [4.69, 9.17) is 5.73 Å². The first-order valence-electron chi connectivity index (χ1n) is 4.86. The van der Waals surface area contributed by atoms with E-state index in [1.165, 1.54) is 10.6 Å². The molecule has 1 heterocycles. The van der Waals surface area contributed by atoms with Gasteiger partial charge >= 0.3 is 6.18 Å². The molecule has 6 heteroatoms. The Kier molecular flexibility index (Phi) is 3.30. The maximum atomic E-state index is 12.3. The molecule has 0 aromatic carbocycles. The van der Waals surface area contributed by atoms with Crippen LogP contribution in [0.25, 0.3) is 0 Å². The molecular formula is C10H13F3N2O. The molecule has 16 heavy (non-hydrogen) atoms. The standard InChI is InChI=1S/C10H13F3N2O/c1-3-4-15-6(2)5-7(14)8(15)9(16)10(11,12)13/h5H,3-4,14H2,1-2H3. The van der Waals surface area contributed by atoms with Crippen molar-refractivity contribution in [3.05, 3.63) is 17.5 Å². The molecule has 1 aromatic rings. The van der Waals surface area contributed by atoms with Gasteiger partial charge in [-0.15, -0.1) is 0 Å². The van der Waals surface area contributed by atoms with E-state index >= 15 is 0 Å². The van der Waals surface area contributed by atoms with Crippen LogP contribution in [-0.2, 0) is 6.54 Å². The Morgan fingerprint density at radius 2 is 2.06 bits per heavy atom. The van der Waals surface area contributed by atoms with E-state index in [-0.39, 0.29) is 5.69 Å². The number of nitrogens with two attached hydrogens (primary N) is 1. The number of aryl methyl sites for hydroxylation is 1. The quantitative estimate of drug-likeness (QED) is 0.817. The number of hydrogen-bond acceptors (Lipinski definition) is 2. The van der Waals surface area contributed by atoms with Crippen molar-refractivity contribution in [1.82, 2.24) is 4.57 Å². The monoisotopic (exact) mass is 234 g/mol. The Morgan fingerprint density at radius 1 is 1.50 bits per heavy atom. The van der Waals surface area contributed by atoms with Crippen LogP contribution in [0.4, 0.5) is 18.9 Å². The molecule has 1 aromatic heterocycles. The van der Waals surface area contributed by atoms with E-state index < -0.39 is 17.7 Å². The van der Waals surface area contributed by atoms with Crippen LogP contribution in [0.15, 0.2) is 6.07 Å². The summed E-state index contributed by atoms with van der Waals surface area (Å²) in [6.45, 7) is 3.79. The summed E-state index contributed by atoms with van der Waals surface area (Å²) in [7, 11) is 0. The minimum atomic E-state index is -4.88. The van der Waals surface area contributed by atoms with Crippen LogP contribution in [-0.4, -0.2) is 16.5 Å². The van der Waals surface area contributed by atoms with E-state index in [0.29, 0.717) is 18.7 Å². The molecule has 0 saturated carbocycles. The summed E-state index contributed by atoms with van der Waals surface area (Å²) < 4.78 is 38.3. The molecule has 0 saturated heterocycles. The summed E-state index contributed by atoms with van der Waals surface area (Å²) in [5, 5.41) is 0. The van der Waals surface area contributed by atoms with Gasteiger partial charge in [-0.2, -0.15) is 13.2 Å². The molecule has 0 unspecified atom stereocenters. The number of rotatable bonds is 3. The molecular weight excluding hydrogens is 221 g/mol. The van der Waals surface area contributed by atoms with Gasteiger partial charge in [-0.25, -0.2) is 0 Å². The number of nitrogens with zero attached hydrogens (tertiary/aromatic N) is 1. The van der Waals surface area contributed by atoms with Crippen molar-refractivity contribution in [3.8, 4) is 0 Å². The number of aromatic nitrogens is 1. The van der Waals surface area contributed by atoms with Gasteiger partial charge in [0.1, 0.15) is 5.69 Å². The second kappa shape index (κ2) is 4.19. The smallest absolute Gasteiger partial charge is 0.397 e. The van der Waals surface area contributed by atoms with Crippen molar-refractivity contribution in [1.29, 1.82) is 0 Å². The fourth-order valence-electron chi connectivity index (χ4n) is 1.60. The van der Waals surface area contributed by atoms with E-state index in [9.17, 15) is 18.0 Å². The van der Waals surface area contributed by atoms with Gasteiger partial charge in [0.05, 0.1) is 5.69 Å². The Labute approximate surface area is 91.0 Å². The van der Waals surface area contributed by atoms with E-state index in [1.54, 1.807) is 6.92 Å². The Hall–Kier alpha value is -1.46. The highest BCUT2D eigenvalue weighted by Crippen LogP contribution is 2.27. The average Bonchev–Trinajstić information content (AvgIpc) is 2.40. The summed E-state index contributed by atoms with van der Waals surface area (Å²) in [4.78, 5) is 11.2. The lowest BCUT2D eigenvalue weighted by atomic mass is 10.2. The van der Waals surface area contributed by atoms with E-state index in [2.05, 4.69) is 0 Å². The van der Waals surface area contributed by atoms with Gasteiger partial charge in [0.25, 0.3) is 5.78 Å². The van der Waals surface area contributed by atoms with E-state index in [0.717, 1.165) is 0 Å². The summed E-state index contributed by atoms with van der Waals surface area (Å²) in [6, 6.07) is 1.38. The van der Waals surface area contributed by atoms with Crippen molar-refractivity contribution >= 4 is 11.5 Å². The highest BCUT2D eigenvalue weighted by molar-refractivity contribution is 6.03. The van der Waals surface area contributed by atoms with Crippen LogP contribution in [0.5, 0.6) is 0 Å². The third-order valence-corrected chi connectivity index (χ3v) is 2.25. The number of halogens is 3. The second-order valence-corrected chi connectivity index (χ2v) is 3.57. The van der Waals surface area contributed by atoms with Crippen LogP contribution < -0.4 is 5.73 Å². The van der Waals surface area contributed by atoms with Crippen molar-refractivity contribution < 1.29 is 18.0 Å². The molecule has 0 aliphatic rings. The fourth-order valence-corrected chi connectivity index (χ4v) is 1.60. The predicted molar refractivity (Wildman–Crippen MR) is 54.3 cm³/mol. The lowest BCUT2D eigenvalue weighted by Crippen LogP contribution is -2.26. The molecule has 0 amide bonds. The largest absolute Gasteiger partial charge is 0.456 e. The molecule has 0 aliphatic carbocycles. The minimum Gasteiger partial charge on any atom is -0.397 e. The van der Waals surface area contributed by atoms with Crippen LogP contribution in [0, 0.1) is 6.92 Å². The topological polar surface area (TPSA) is 48.0 Å². The van der Waals surface area contributed by atoms with E-state index in [1.807, 2.05) is 6.92 Å². The molecule has 0 atom stereocenters. The lowest BCUT2D eigenvalue weighted by molar-refractivity contribution is -0.0890. The molecule has 1 rings (SSSR count). The second-order valence-electron chi connectivity index (χ2n) is 3.57. The highest BCUT2D eigenvalue weighted by atomic mass is 19.4. The molecule has 0 bridgehead atoms. The lowest BCUT2D eigenvalue weighted by Gasteiger charge is -2.11. The Balaban J connectivity index is 3.27. The number of ketones is 1. The number of anilines is 1. The molecule has 0 fully saturated rings. The minimum absolute atomic E-state index is 0.117. The zero-order valence-corrected chi connectivity index (χ0v) is 9.06. The first-order valence-corrected chi connectivity index (χ1v) is 4.86. The first-order chi connectivity index (χ1) is 7.29. The van der Waals surface area contributed by atoms with Gasteiger partial charge in [0, 0.05) is 12.2 Å². The molecule has 0 spiro atoms. The van der Waals surface area contributed by atoms with Crippen LogP contribution in [0.1, 0.15) is 29.5 Å². The maximum Gasteiger partial charge on any atom is 0.456 e. The zero-order valence-electron chi connectivity index (χ0n) is 9.06. The Morgan fingerprint density at radius 3 is 2.50 bits per heavy atom. The number of nitrogen functional groups attached to an aromatic ring is 1. The molecule has 90 valence electrons. The van der Waals surface area contributed by atoms with Gasteiger partial charge in [-0.3, -0.25) is 4.79 Å². The third kappa shape index (κ3) is 2.20. The number of hydrogen-bond donors (Lipinski definition) is 1. The average molecular weight is 234 g/mol. The summed E-state index contributed by atoms with van der Waals surface area (Å²) >= 11 is 0. The summed E-state index contributed by atoms with van der Waals surface area (Å²) in [6.07, 6.45) is -4.25. The van der Waals surface area contributed by atoms with Crippen molar-refractivity contribution in [2.45, 2.75) is 33.0 Å². The summed E-state index contributed by atoms with van der Waals surface area (Å²) in [5.41, 5.74) is 5.42. The number of Topliss-reactive ketones (excluding diaryl/α,β-unsaturated/α-hetero) is 1. The summed E-state index contributed by atoms with van der Waals surface area (Å²) in [5.74, 6) is -1.88. The van der Waals surface area contributed by atoms with Crippen LogP contribution >= 0.6 is 0 Å². The predicted octanol–water partition coefficient (Wildman–Crippen LogP) is 2.53. The number of alkyl halides is 3. The number of carbonyl (C=O) groups is 1. The highest BCUT2D eigenvalue weighted by Gasteiger charge is 2.42. The fraction of sp³-hybridized carbons (Fsp3) is 0.500. The van der Waals surface area contributed by atoms with Crippen molar-refractivity contribution in [3.63, 3.8) is 0 Å². The van der Waals surface area contributed by atoms with Crippen molar-refractivity contribution in [2.75, 3.05) is 5.73 Å². The van der Waals surface area contributed by atoms with Gasteiger partial charge in [0.15, 0.2) is 0 Å². The zero-order chi connectivity index (χ0) is 12.5. The SMILES string of the molecule is CCCn1c(C)cc(N)c1C(=O)C(F)(F)F. The van der Waals surface area contributed by atoms with Crippen molar-refractivity contribution in [2.24, 2.45) is 0 Å². The van der Waals surface area contributed by atoms with Gasteiger partial charge in [-0.1, -0.05) is 6.92 Å². The van der Waals surface area contributed by atoms with Gasteiger partial charge in [-0.05, 0) is 19.4 Å².